The molecule has 7 rings (SSSR count). The average molecular weight is 663 g/mol. The molecule has 0 bridgehead atoms. The number of benzene rings is 2. The third-order valence-electron chi connectivity index (χ3n) is 8.09. The van der Waals surface area contributed by atoms with Gasteiger partial charge in [0.2, 0.25) is 0 Å². The Kier molecular flexibility index (Phi) is 12.8. The Morgan fingerprint density at radius 2 is 1.60 bits per heavy atom. The number of imidazole rings is 1. The Bertz CT molecular complexity index is 1730. The van der Waals surface area contributed by atoms with Crippen LogP contribution in [-0.4, -0.2) is 30.9 Å². The van der Waals surface area contributed by atoms with E-state index in [1.165, 1.54) is 23.1 Å². The lowest BCUT2D eigenvalue weighted by molar-refractivity contribution is -0.141. The SMILES string of the molecule is CC.CC.CC.Cc1cc(C(F)(F)F)nn1-c1ccc(CNc2cc3c(ncn3C3CCCCO3)c(-c3ccccc3C3CC3)n2)cc1. The van der Waals surface area contributed by atoms with Crippen LogP contribution >= 0.6 is 0 Å². The van der Waals surface area contributed by atoms with E-state index in [9.17, 15) is 13.2 Å². The van der Waals surface area contributed by atoms with E-state index in [4.69, 9.17) is 14.7 Å². The molecule has 4 heterocycles. The van der Waals surface area contributed by atoms with Crippen LogP contribution in [0, 0.1) is 6.92 Å². The van der Waals surface area contributed by atoms with Gasteiger partial charge in [0, 0.05) is 30.5 Å². The molecule has 0 radical (unpaired) electrons. The van der Waals surface area contributed by atoms with Gasteiger partial charge in [-0.05, 0) is 74.3 Å². The molecule has 258 valence electrons. The smallest absolute Gasteiger partial charge is 0.366 e. The van der Waals surface area contributed by atoms with Gasteiger partial charge in [0.05, 0.1) is 17.5 Å². The Morgan fingerprint density at radius 1 is 0.896 bits per heavy atom. The number of aromatic nitrogens is 5. The summed E-state index contributed by atoms with van der Waals surface area (Å²) >= 11 is 0. The van der Waals surface area contributed by atoms with Crippen LogP contribution in [0.5, 0.6) is 0 Å². The van der Waals surface area contributed by atoms with Gasteiger partial charge in [-0.3, -0.25) is 0 Å². The Balaban J connectivity index is 0.000000823. The second-order valence-electron chi connectivity index (χ2n) is 11.2. The normalized spacial score (nSPS) is 15.8. The van der Waals surface area contributed by atoms with E-state index < -0.39 is 11.9 Å². The lowest BCUT2D eigenvalue weighted by Gasteiger charge is -2.24. The second kappa shape index (κ2) is 16.8. The molecule has 7 nitrogen and oxygen atoms in total. The van der Waals surface area contributed by atoms with Gasteiger partial charge in [0.15, 0.2) is 5.69 Å². The van der Waals surface area contributed by atoms with Gasteiger partial charge in [-0.1, -0.05) is 77.9 Å². The molecule has 3 aromatic heterocycles. The first-order chi connectivity index (χ1) is 23.3. The minimum absolute atomic E-state index is 0.0540. The summed E-state index contributed by atoms with van der Waals surface area (Å²) < 4.78 is 48.9. The minimum Gasteiger partial charge on any atom is -0.366 e. The number of hydrogen-bond acceptors (Lipinski definition) is 5. The number of nitrogens with zero attached hydrogens (tertiary/aromatic N) is 5. The van der Waals surface area contributed by atoms with Gasteiger partial charge in [0.25, 0.3) is 0 Å². The van der Waals surface area contributed by atoms with Crippen molar-refractivity contribution in [3.8, 4) is 16.9 Å². The highest BCUT2D eigenvalue weighted by Gasteiger charge is 2.34. The molecule has 2 aromatic carbocycles. The van der Waals surface area contributed by atoms with E-state index in [1.54, 1.807) is 19.1 Å². The van der Waals surface area contributed by atoms with E-state index in [0.29, 0.717) is 23.8 Å². The van der Waals surface area contributed by atoms with Crippen molar-refractivity contribution in [1.29, 1.82) is 0 Å². The molecule has 1 N–H and O–H groups in total. The maximum absolute atomic E-state index is 13.1. The Morgan fingerprint density at radius 3 is 2.23 bits per heavy atom. The van der Waals surface area contributed by atoms with Crippen molar-refractivity contribution in [2.75, 3.05) is 11.9 Å². The Labute approximate surface area is 282 Å². The molecular formula is C38H49F3N6O. The van der Waals surface area contributed by atoms with Gasteiger partial charge in [0.1, 0.15) is 23.3 Å². The largest absolute Gasteiger partial charge is 0.435 e. The molecule has 1 saturated heterocycles. The summed E-state index contributed by atoms with van der Waals surface area (Å²) in [6, 6.07) is 18.9. The van der Waals surface area contributed by atoms with Crippen molar-refractivity contribution in [1.82, 2.24) is 24.3 Å². The van der Waals surface area contributed by atoms with Gasteiger partial charge in [-0.2, -0.15) is 18.3 Å². The summed E-state index contributed by atoms with van der Waals surface area (Å²) in [5, 5.41) is 7.23. The van der Waals surface area contributed by atoms with Crippen LogP contribution in [0.25, 0.3) is 28.0 Å². The molecule has 0 spiro atoms. The summed E-state index contributed by atoms with van der Waals surface area (Å²) in [6.07, 6.45) is 2.84. The highest BCUT2D eigenvalue weighted by molar-refractivity contribution is 5.92. The van der Waals surface area contributed by atoms with Crippen molar-refractivity contribution in [2.24, 2.45) is 0 Å². The van der Waals surface area contributed by atoms with Gasteiger partial charge in [-0.25, -0.2) is 14.6 Å². The van der Waals surface area contributed by atoms with Gasteiger partial charge in [-0.15, -0.1) is 0 Å². The second-order valence-corrected chi connectivity index (χ2v) is 11.2. The number of ether oxygens (including phenoxy) is 1. The predicted octanol–water partition coefficient (Wildman–Crippen LogP) is 10.9. The molecule has 1 atom stereocenters. The fourth-order valence-electron chi connectivity index (χ4n) is 5.77. The zero-order valence-electron chi connectivity index (χ0n) is 29.2. The molecular weight excluding hydrogens is 613 g/mol. The van der Waals surface area contributed by atoms with E-state index in [2.05, 4.69) is 39.2 Å². The number of aryl methyl sites for hydroxylation is 1. The molecule has 10 heteroatoms. The molecule has 48 heavy (non-hydrogen) atoms. The zero-order chi connectivity index (χ0) is 34.8. The minimum atomic E-state index is -4.48. The van der Waals surface area contributed by atoms with E-state index in [1.807, 2.05) is 66.1 Å². The van der Waals surface area contributed by atoms with Gasteiger partial charge >= 0.3 is 6.18 Å². The van der Waals surface area contributed by atoms with Crippen molar-refractivity contribution in [3.05, 3.63) is 89.5 Å². The number of fused-ring (bicyclic) bond motifs is 1. The molecule has 1 aliphatic carbocycles. The van der Waals surface area contributed by atoms with Crippen LogP contribution in [0.4, 0.5) is 19.0 Å². The summed E-state index contributed by atoms with van der Waals surface area (Å²) in [6.45, 7) is 14.8. The molecule has 2 fully saturated rings. The molecule has 1 aliphatic heterocycles. The lowest BCUT2D eigenvalue weighted by Crippen LogP contribution is -2.17. The van der Waals surface area contributed by atoms with E-state index in [0.717, 1.165) is 65.6 Å². The predicted molar refractivity (Wildman–Crippen MR) is 188 cm³/mol. The van der Waals surface area contributed by atoms with Crippen LogP contribution in [-0.2, 0) is 17.5 Å². The summed E-state index contributed by atoms with van der Waals surface area (Å²) in [5.74, 6) is 1.28. The topological polar surface area (TPSA) is 69.8 Å². The van der Waals surface area contributed by atoms with Crippen molar-refractivity contribution in [2.45, 2.75) is 105 Å². The van der Waals surface area contributed by atoms with Crippen LogP contribution < -0.4 is 5.32 Å². The first-order valence-corrected chi connectivity index (χ1v) is 17.4. The number of hydrogen-bond donors (Lipinski definition) is 1. The number of halogens is 3. The summed E-state index contributed by atoms with van der Waals surface area (Å²) in [7, 11) is 0. The fourth-order valence-corrected chi connectivity index (χ4v) is 5.77. The maximum atomic E-state index is 13.1. The maximum Gasteiger partial charge on any atom is 0.435 e. The van der Waals surface area contributed by atoms with Crippen LogP contribution in [0.15, 0.2) is 67.0 Å². The molecule has 0 amide bonds. The average Bonchev–Trinajstić information content (AvgIpc) is 3.77. The fraction of sp³-hybridized carbons (Fsp3) is 0.447. The van der Waals surface area contributed by atoms with Gasteiger partial charge < -0.3 is 14.6 Å². The van der Waals surface area contributed by atoms with Crippen LogP contribution in [0.2, 0.25) is 0 Å². The van der Waals surface area contributed by atoms with Crippen LogP contribution in [0.3, 0.4) is 0 Å². The van der Waals surface area contributed by atoms with E-state index >= 15 is 0 Å². The van der Waals surface area contributed by atoms with Crippen molar-refractivity contribution >= 4 is 16.9 Å². The first-order valence-electron chi connectivity index (χ1n) is 17.4. The number of alkyl halides is 3. The molecule has 1 saturated carbocycles. The van der Waals surface area contributed by atoms with Crippen molar-refractivity contribution < 1.29 is 17.9 Å². The monoisotopic (exact) mass is 662 g/mol. The van der Waals surface area contributed by atoms with Crippen LogP contribution in [0.1, 0.15) is 108 Å². The highest BCUT2D eigenvalue weighted by atomic mass is 19.4. The summed E-state index contributed by atoms with van der Waals surface area (Å²) in [4.78, 5) is 9.90. The lowest BCUT2D eigenvalue weighted by atomic mass is 9.99. The number of nitrogens with one attached hydrogen (secondary N) is 1. The molecule has 1 unspecified atom stereocenters. The number of pyridine rings is 1. The standard InChI is InChI=1S/C32H31F3N6O.3C2H6/c1-20-16-27(32(33,34)35)39-41(20)23-13-9-21(10-14-23)18-36-28-17-26-31(37-19-40(26)29-8-4-5-15-42-29)30(38-28)25-7-3-2-6-24(25)22-11-12-22;3*1-2/h2-3,6-7,9-10,13-14,16-17,19,22,29H,4-5,8,11-12,15,18H2,1H3,(H,36,38);3*1-2H3. The third kappa shape index (κ3) is 8.27. The molecule has 5 aromatic rings. The zero-order valence-corrected chi connectivity index (χ0v) is 29.2. The number of anilines is 1. The molecule has 2 aliphatic rings. The van der Waals surface area contributed by atoms with E-state index in [-0.39, 0.29) is 6.23 Å². The third-order valence-corrected chi connectivity index (χ3v) is 8.09. The summed E-state index contributed by atoms with van der Waals surface area (Å²) in [5.41, 5.74) is 6.17. The quantitative estimate of drug-likeness (QED) is 0.188. The first kappa shape index (κ1) is 36.7. The Hall–Kier alpha value is -4.18. The van der Waals surface area contributed by atoms with Crippen molar-refractivity contribution in [3.63, 3.8) is 0 Å². The number of rotatable bonds is 7. The highest BCUT2D eigenvalue weighted by Crippen LogP contribution is 2.45.